The molecular formula is C13H17NO2. The number of rotatable bonds is 3. The standard InChI is InChI=1S/C13H17NO2/c1-10(12-8-4-5-9-14-12)16-13(15)11-6-2-3-7-11/h4-5,8-11H,2-3,6-7H2,1H3. The van der Waals surface area contributed by atoms with Gasteiger partial charge in [0.2, 0.25) is 0 Å². The summed E-state index contributed by atoms with van der Waals surface area (Å²) in [7, 11) is 0. The maximum absolute atomic E-state index is 11.8. The van der Waals surface area contributed by atoms with Gasteiger partial charge in [-0.2, -0.15) is 0 Å². The molecule has 0 amide bonds. The molecule has 3 nitrogen and oxygen atoms in total. The fraction of sp³-hybridized carbons (Fsp3) is 0.538. The largest absolute Gasteiger partial charge is 0.456 e. The van der Waals surface area contributed by atoms with E-state index in [4.69, 9.17) is 4.74 Å². The first-order chi connectivity index (χ1) is 7.77. The molecule has 0 radical (unpaired) electrons. The molecule has 16 heavy (non-hydrogen) atoms. The van der Waals surface area contributed by atoms with Gasteiger partial charge in [0, 0.05) is 6.20 Å². The van der Waals surface area contributed by atoms with E-state index >= 15 is 0 Å². The van der Waals surface area contributed by atoms with Crippen molar-refractivity contribution in [2.45, 2.75) is 38.7 Å². The Balaban J connectivity index is 1.92. The van der Waals surface area contributed by atoms with Crippen LogP contribution in [-0.4, -0.2) is 11.0 Å². The van der Waals surface area contributed by atoms with Crippen LogP contribution in [0.2, 0.25) is 0 Å². The monoisotopic (exact) mass is 219 g/mol. The van der Waals surface area contributed by atoms with Gasteiger partial charge in [-0.3, -0.25) is 9.78 Å². The fourth-order valence-corrected chi connectivity index (χ4v) is 2.11. The third-order valence-electron chi connectivity index (χ3n) is 3.09. The molecule has 1 aromatic heterocycles. The smallest absolute Gasteiger partial charge is 0.309 e. The Morgan fingerprint density at radius 3 is 2.81 bits per heavy atom. The zero-order chi connectivity index (χ0) is 11.4. The van der Waals surface area contributed by atoms with Gasteiger partial charge in [-0.25, -0.2) is 0 Å². The Morgan fingerprint density at radius 1 is 1.44 bits per heavy atom. The van der Waals surface area contributed by atoms with Crippen molar-refractivity contribution in [2.75, 3.05) is 0 Å². The lowest BCUT2D eigenvalue weighted by molar-refractivity contribution is -0.153. The Hall–Kier alpha value is -1.38. The van der Waals surface area contributed by atoms with Crippen molar-refractivity contribution in [3.63, 3.8) is 0 Å². The number of hydrogen-bond donors (Lipinski definition) is 0. The third-order valence-corrected chi connectivity index (χ3v) is 3.09. The average molecular weight is 219 g/mol. The lowest BCUT2D eigenvalue weighted by atomic mass is 10.1. The summed E-state index contributed by atoms with van der Waals surface area (Å²) in [4.78, 5) is 16.0. The normalized spacial score (nSPS) is 18.3. The molecule has 0 saturated heterocycles. The van der Waals surface area contributed by atoms with Crippen LogP contribution in [0.1, 0.15) is 44.4 Å². The summed E-state index contributed by atoms with van der Waals surface area (Å²) in [6.07, 6.45) is 5.74. The van der Waals surface area contributed by atoms with Gasteiger partial charge in [-0.15, -0.1) is 0 Å². The molecule has 0 bridgehead atoms. The second-order valence-corrected chi connectivity index (χ2v) is 4.32. The third kappa shape index (κ3) is 2.60. The molecule has 0 spiro atoms. The minimum atomic E-state index is -0.241. The van der Waals surface area contributed by atoms with E-state index in [1.807, 2.05) is 25.1 Å². The van der Waals surface area contributed by atoms with Crippen LogP contribution in [0.3, 0.4) is 0 Å². The summed E-state index contributed by atoms with van der Waals surface area (Å²) in [5, 5.41) is 0. The quantitative estimate of drug-likeness (QED) is 0.734. The van der Waals surface area contributed by atoms with Gasteiger partial charge in [0.05, 0.1) is 11.6 Å². The molecule has 1 fully saturated rings. The number of carbonyl (C=O) groups is 1. The van der Waals surface area contributed by atoms with Crippen LogP contribution in [0.25, 0.3) is 0 Å². The minimum absolute atomic E-state index is 0.0596. The molecule has 1 aliphatic rings. The molecule has 1 heterocycles. The van der Waals surface area contributed by atoms with Crippen LogP contribution in [-0.2, 0) is 9.53 Å². The van der Waals surface area contributed by atoms with Crippen LogP contribution in [0.15, 0.2) is 24.4 Å². The van der Waals surface area contributed by atoms with E-state index in [0.29, 0.717) is 0 Å². The van der Waals surface area contributed by atoms with Gasteiger partial charge < -0.3 is 4.74 Å². The molecule has 1 saturated carbocycles. The van der Waals surface area contributed by atoms with Crippen molar-refractivity contribution in [3.8, 4) is 0 Å². The summed E-state index contributed by atoms with van der Waals surface area (Å²) in [5.41, 5.74) is 0.814. The highest BCUT2D eigenvalue weighted by Crippen LogP contribution is 2.27. The number of ether oxygens (including phenoxy) is 1. The van der Waals surface area contributed by atoms with E-state index in [1.54, 1.807) is 6.20 Å². The Bertz CT molecular complexity index is 344. The van der Waals surface area contributed by atoms with Crippen LogP contribution in [0.5, 0.6) is 0 Å². The summed E-state index contributed by atoms with van der Waals surface area (Å²) in [6.45, 7) is 1.87. The van der Waals surface area contributed by atoms with Crippen LogP contribution in [0, 0.1) is 5.92 Å². The molecule has 1 atom stereocenters. The van der Waals surface area contributed by atoms with Gasteiger partial charge in [0.15, 0.2) is 0 Å². The van der Waals surface area contributed by atoms with Crippen LogP contribution in [0.4, 0.5) is 0 Å². The summed E-state index contributed by atoms with van der Waals surface area (Å²) < 4.78 is 5.42. The molecule has 1 aliphatic carbocycles. The molecule has 86 valence electrons. The van der Waals surface area contributed by atoms with E-state index < -0.39 is 0 Å². The highest BCUT2D eigenvalue weighted by molar-refractivity contribution is 5.72. The lowest BCUT2D eigenvalue weighted by Gasteiger charge is -2.15. The maximum Gasteiger partial charge on any atom is 0.309 e. The molecule has 2 rings (SSSR count). The van der Waals surface area contributed by atoms with Gasteiger partial charge in [0.25, 0.3) is 0 Å². The average Bonchev–Trinajstić information content (AvgIpc) is 2.83. The molecule has 1 aromatic rings. The Morgan fingerprint density at radius 2 is 2.19 bits per heavy atom. The zero-order valence-corrected chi connectivity index (χ0v) is 9.56. The molecule has 3 heteroatoms. The van der Waals surface area contributed by atoms with Crippen molar-refractivity contribution in [1.29, 1.82) is 0 Å². The second kappa shape index (κ2) is 5.10. The van der Waals surface area contributed by atoms with E-state index in [1.165, 1.54) is 0 Å². The molecular weight excluding hydrogens is 202 g/mol. The van der Waals surface area contributed by atoms with Crippen molar-refractivity contribution in [2.24, 2.45) is 5.92 Å². The first-order valence-corrected chi connectivity index (χ1v) is 5.89. The topological polar surface area (TPSA) is 39.2 Å². The number of nitrogens with zero attached hydrogens (tertiary/aromatic N) is 1. The van der Waals surface area contributed by atoms with E-state index in [0.717, 1.165) is 31.4 Å². The summed E-state index contributed by atoms with van der Waals surface area (Å²) >= 11 is 0. The van der Waals surface area contributed by atoms with Crippen molar-refractivity contribution in [1.82, 2.24) is 4.98 Å². The highest BCUT2D eigenvalue weighted by atomic mass is 16.5. The lowest BCUT2D eigenvalue weighted by Crippen LogP contribution is -2.17. The molecule has 0 aliphatic heterocycles. The van der Waals surface area contributed by atoms with Crippen LogP contribution >= 0.6 is 0 Å². The number of carbonyl (C=O) groups excluding carboxylic acids is 1. The van der Waals surface area contributed by atoms with Crippen molar-refractivity contribution in [3.05, 3.63) is 30.1 Å². The number of aromatic nitrogens is 1. The molecule has 0 aromatic carbocycles. The molecule has 0 N–H and O–H groups in total. The maximum atomic E-state index is 11.8. The molecule has 1 unspecified atom stereocenters. The zero-order valence-electron chi connectivity index (χ0n) is 9.56. The van der Waals surface area contributed by atoms with Gasteiger partial charge in [-0.1, -0.05) is 18.9 Å². The predicted octanol–water partition coefficient (Wildman–Crippen LogP) is 2.88. The van der Waals surface area contributed by atoms with Crippen LogP contribution < -0.4 is 0 Å². The van der Waals surface area contributed by atoms with Gasteiger partial charge >= 0.3 is 5.97 Å². The predicted molar refractivity (Wildman–Crippen MR) is 60.7 cm³/mol. The van der Waals surface area contributed by atoms with Gasteiger partial charge in [0.1, 0.15) is 6.10 Å². The number of pyridine rings is 1. The Labute approximate surface area is 95.8 Å². The number of esters is 1. The number of hydrogen-bond acceptors (Lipinski definition) is 3. The first-order valence-electron chi connectivity index (χ1n) is 5.89. The summed E-state index contributed by atoms with van der Waals surface area (Å²) in [6, 6.07) is 5.64. The highest BCUT2D eigenvalue weighted by Gasteiger charge is 2.25. The van der Waals surface area contributed by atoms with E-state index in [9.17, 15) is 4.79 Å². The van der Waals surface area contributed by atoms with E-state index in [-0.39, 0.29) is 18.0 Å². The van der Waals surface area contributed by atoms with Crippen molar-refractivity contribution >= 4 is 5.97 Å². The summed E-state index contributed by atoms with van der Waals surface area (Å²) in [5.74, 6) is 0.0572. The SMILES string of the molecule is CC(OC(=O)C1CCCC1)c1ccccn1. The van der Waals surface area contributed by atoms with E-state index in [2.05, 4.69) is 4.98 Å². The minimum Gasteiger partial charge on any atom is -0.456 e. The van der Waals surface area contributed by atoms with Crippen molar-refractivity contribution < 1.29 is 9.53 Å². The fourth-order valence-electron chi connectivity index (χ4n) is 2.11. The van der Waals surface area contributed by atoms with Gasteiger partial charge in [-0.05, 0) is 31.9 Å². The Kier molecular flexibility index (Phi) is 3.54. The first kappa shape index (κ1) is 11.1. The second-order valence-electron chi connectivity index (χ2n) is 4.32.